The number of nitrogens with one attached hydrogen (secondary N) is 1. The van der Waals surface area contributed by atoms with Gasteiger partial charge in [-0.3, -0.25) is 4.57 Å². The predicted molar refractivity (Wildman–Crippen MR) is 122 cm³/mol. The van der Waals surface area contributed by atoms with E-state index in [1.165, 1.54) is 18.0 Å². The zero-order valence-electron chi connectivity index (χ0n) is 18.9. The Labute approximate surface area is 205 Å². The third-order valence-corrected chi connectivity index (χ3v) is 8.00. The lowest BCUT2D eigenvalue weighted by molar-refractivity contribution is -0.125. The fourth-order valence-electron chi connectivity index (χ4n) is 4.38. The van der Waals surface area contributed by atoms with Crippen LogP contribution >= 0.6 is 19.2 Å². The maximum Gasteiger partial charge on any atom is 0.361 e. The monoisotopic (exact) mass is 537 g/mol. The first-order valence-corrected chi connectivity index (χ1v) is 13.1. The van der Waals surface area contributed by atoms with Crippen LogP contribution in [0.3, 0.4) is 0 Å². The summed E-state index contributed by atoms with van der Waals surface area (Å²) < 4.78 is 29.1. The number of fused-ring (bicyclic) bond motifs is 1. The van der Waals surface area contributed by atoms with E-state index in [1.807, 2.05) is 0 Å². The molecular formula is C19H29ClN5O9P. The smallest absolute Gasteiger partial charge is 0.361 e. The minimum absolute atomic E-state index is 0.0402. The summed E-state index contributed by atoms with van der Waals surface area (Å²) in [7, 11) is -3.80. The fraction of sp³-hybridized carbons (Fsp3) is 0.737. The van der Waals surface area contributed by atoms with E-state index in [0.717, 1.165) is 25.7 Å². The maximum atomic E-state index is 11.9. The van der Waals surface area contributed by atoms with Crippen LogP contribution in [-0.2, 0) is 18.8 Å². The molecule has 196 valence electrons. The minimum Gasteiger partial charge on any atom is -0.393 e. The average molecular weight is 538 g/mol. The Morgan fingerprint density at radius 2 is 2.00 bits per heavy atom. The van der Waals surface area contributed by atoms with E-state index in [0.29, 0.717) is 11.2 Å². The number of anilines is 1. The highest BCUT2D eigenvalue weighted by Gasteiger charge is 2.51. The molecule has 0 radical (unpaired) electrons. The van der Waals surface area contributed by atoms with Crippen molar-refractivity contribution in [2.75, 3.05) is 32.2 Å². The van der Waals surface area contributed by atoms with Gasteiger partial charge in [-0.25, -0.2) is 4.68 Å². The molecule has 1 aliphatic carbocycles. The Bertz CT molecular complexity index is 1080. The van der Waals surface area contributed by atoms with Gasteiger partial charge in [-0.05, 0) is 24.4 Å². The van der Waals surface area contributed by atoms with Crippen molar-refractivity contribution in [3.63, 3.8) is 0 Å². The summed E-state index contributed by atoms with van der Waals surface area (Å²) in [6.45, 7) is -2.22. The number of halogens is 1. The zero-order valence-corrected chi connectivity index (χ0v) is 20.5. The predicted octanol–water partition coefficient (Wildman–Crippen LogP) is -0.0173. The highest BCUT2D eigenvalue weighted by Crippen LogP contribution is 2.51. The second kappa shape index (κ2) is 10.5. The maximum absolute atomic E-state index is 11.9. The zero-order chi connectivity index (χ0) is 25.4. The van der Waals surface area contributed by atoms with Gasteiger partial charge in [-0.1, -0.05) is 12.8 Å². The van der Waals surface area contributed by atoms with E-state index < -0.39 is 57.3 Å². The van der Waals surface area contributed by atoms with Gasteiger partial charge in [0.25, 0.3) is 0 Å². The number of hydrogen-bond donors (Lipinski definition) is 6. The summed E-state index contributed by atoms with van der Waals surface area (Å²) >= 11 is 6.14. The molecule has 0 spiro atoms. The number of hydrogen-bond acceptors (Lipinski definition) is 11. The van der Waals surface area contributed by atoms with Gasteiger partial charge >= 0.3 is 7.60 Å². The molecule has 35 heavy (non-hydrogen) atoms. The average Bonchev–Trinajstić information content (AvgIpc) is 3.52. The first kappa shape index (κ1) is 26.6. The lowest BCUT2D eigenvalue weighted by Gasteiger charge is -2.32. The fourth-order valence-corrected chi connectivity index (χ4v) is 5.27. The van der Waals surface area contributed by atoms with Crippen molar-refractivity contribution in [3.8, 4) is 0 Å². The minimum atomic E-state index is -4.99. The van der Waals surface area contributed by atoms with Gasteiger partial charge < -0.3 is 44.6 Å². The van der Waals surface area contributed by atoms with Crippen LogP contribution in [0.2, 0.25) is 5.28 Å². The van der Waals surface area contributed by atoms with Crippen molar-refractivity contribution < 1.29 is 43.9 Å². The molecule has 2 fully saturated rings. The van der Waals surface area contributed by atoms with Gasteiger partial charge in [0.05, 0.1) is 31.4 Å². The molecule has 4 rings (SSSR count). The van der Waals surface area contributed by atoms with Gasteiger partial charge in [0.2, 0.25) is 10.6 Å². The van der Waals surface area contributed by atoms with Crippen LogP contribution in [0, 0.1) is 0 Å². The van der Waals surface area contributed by atoms with E-state index in [4.69, 9.17) is 25.8 Å². The summed E-state index contributed by atoms with van der Waals surface area (Å²) in [6.07, 6.45) is 0.345. The third-order valence-electron chi connectivity index (χ3n) is 6.36. The van der Waals surface area contributed by atoms with E-state index in [2.05, 4.69) is 20.4 Å². The van der Waals surface area contributed by atoms with E-state index in [-0.39, 0.29) is 17.0 Å². The molecule has 0 aromatic carbocycles. The van der Waals surface area contributed by atoms with E-state index >= 15 is 0 Å². The van der Waals surface area contributed by atoms with Crippen LogP contribution in [-0.4, -0.2) is 101 Å². The number of aromatic nitrogens is 4. The Morgan fingerprint density at radius 3 is 2.63 bits per heavy atom. The molecule has 5 atom stereocenters. The largest absolute Gasteiger partial charge is 0.393 e. The highest BCUT2D eigenvalue weighted by molar-refractivity contribution is 7.53. The summed E-state index contributed by atoms with van der Waals surface area (Å²) in [6, 6.07) is 0.247. The highest BCUT2D eigenvalue weighted by atomic mass is 35.5. The van der Waals surface area contributed by atoms with Gasteiger partial charge in [0.15, 0.2) is 11.9 Å². The molecule has 1 saturated heterocycles. The van der Waals surface area contributed by atoms with Crippen molar-refractivity contribution in [1.82, 2.24) is 19.7 Å². The molecule has 1 unspecified atom stereocenters. The van der Waals surface area contributed by atoms with Gasteiger partial charge in [-0.15, -0.1) is 0 Å². The normalized spacial score (nSPS) is 27.5. The topological polar surface area (TPSA) is 202 Å². The molecular weight excluding hydrogens is 509 g/mol. The van der Waals surface area contributed by atoms with Crippen molar-refractivity contribution >= 4 is 36.0 Å². The molecule has 1 aliphatic heterocycles. The number of aliphatic hydroxyl groups excluding tert-OH is 3. The summed E-state index contributed by atoms with van der Waals surface area (Å²) in [5, 5.41) is 36.6. The van der Waals surface area contributed by atoms with Crippen LogP contribution in [0.5, 0.6) is 0 Å². The van der Waals surface area contributed by atoms with E-state index in [1.54, 1.807) is 0 Å². The van der Waals surface area contributed by atoms with Crippen molar-refractivity contribution in [2.24, 2.45) is 0 Å². The Balaban J connectivity index is 1.56. The Hall–Kier alpha value is -1.45. The van der Waals surface area contributed by atoms with Crippen molar-refractivity contribution in [1.29, 1.82) is 0 Å². The van der Waals surface area contributed by atoms with Gasteiger partial charge in [0, 0.05) is 13.2 Å². The van der Waals surface area contributed by atoms with Crippen molar-refractivity contribution in [2.45, 2.75) is 61.6 Å². The van der Waals surface area contributed by atoms with Crippen molar-refractivity contribution in [3.05, 3.63) is 11.5 Å². The van der Waals surface area contributed by atoms with E-state index in [9.17, 15) is 29.7 Å². The summed E-state index contributed by atoms with van der Waals surface area (Å²) in [4.78, 5) is 27.8. The molecule has 2 aromatic heterocycles. The number of aliphatic hydroxyl groups is 3. The van der Waals surface area contributed by atoms with Gasteiger partial charge in [0.1, 0.15) is 24.1 Å². The molecule has 1 saturated carbocycles. The summed E-state index contributed by atoms with van der Waals surface area (Å²) in [5.74, 6) is 0.500. The quantitative estimate of drug-likeness (QED) is 0.174. The number of rotatable bonds is 10. The van der Waals surface area contributed by atoms with Crippen LogP contribution < -0.4 is 5.32 Å². The number of nitrogens with zero attached hydrogens (tertiary/aromatic N) is 4. The second-order valence-corrected chi connectivity index (χ2v) is 11.0. The lowest BCUT2D eigenvalue weighted by atomic mass is 10.1. The molecule has 14 nitrogen and oxygen atoms in total. The van der Waals surface area contributed by atoms with Crippen LogP contribution in [0.4, 0.5) is 5.82 Å². The molecule has 0 amide bonds. The first-order valence-electron chi connectivity index (χ1n) is 11.1. The standard InChI is InChI=1S/C19H29ClN5O9P/c1-32-9-19(8-26,35(29,30)31)33-7-12-13(27)14(28)17(34-12)25-16-11(6-21-25)15(23-18(20)24-16)22-10-4-2-3-5-10/h6,10,12-14,17,26-28H,2-5,7-9H2,1H3,(H,22,23,24)(H2,29,30,31)/t12-,13?,14+,17-,19-/m1/s1. The number of ether oxygens (including phenoxy) is 3. The summed E-state index contributed by atoms with van der Waals surface area (Å²) in [5.41, 5.74) is 0.266. The van der Waals surface area contributed by atoms with Crippen LogP contribution in [0.1, 0.15) is 31.9 Å². The molecule has 2 aliphatic rings. The Kier molecular flexibility index (Phi) is 7.98. The van der Waals surface area contributed by atoms with Crippen LogP contribution in [0.15, 0.2) is 6.20 Å². The molecule has 0 bridgehead atoms. The molecule has 3 heterocycles. The van der Waals surface area contributed by atoms with Crippen LogP contribution in [0.25, 0.3) is 11.0 Å². The van der Waals surface area contributed by atoms with Gasteiger partial charge in [-0.2, -0.15) is 15.1 Å². The second-order valence-electron chi connectivity index (χ2n) is 8.73. The molecule has 2 aromatic rings. The first-order chi connectivity index (χ1) is 16.6. The third kappa shape index (κ3) is 5.18. The lowest BCUT2D eigenvalue weighted by Crippen LogP contribution is -2.44. The SMILES string of the molecule is COC[C@](CO)(OC[C@H]1O[C@@H](n2ncc3c(NC4CCCC4)nc(Cl)nc32)[C@@H](O)C1O)P(=O)(O)O. The Morgan fingerprint density at radius 1 is 1.29 bits per heavy atom. The number of methoxy groups -OCH3 is 1. The molecule has 16 heteroatoms. The molecule has 6 N–H and O–H groups in total.